The first-order valence-electron chi connectivity index (χ1n) is 8.02. The van der Waals surface area contributed by atoms with E-state index in [1.807, 2.05) is 24.3 Å². The maximum absolute atomic E-state index is 12.4. The number of hydrogen-bond donors (Lipinski definition) is 3. The van der Waals surface area contributed by atoms with Gasteiger partial charge in [-0.25, -0.2) is 13.1 Å². The smallest absolute Gasteiger partial charge is 0.240 e. The highest BCUT2D eigenvalue weighted by Gasteiger charge is 2.14. The monoisotopic (exact) mass is 369 g/mol. The lowest BCUT2D eigenvalue weighted by atomic mass is 10.1. The molecule has 4 N–H and O–H groups in total. The molecule has 0 saturated heterocycles. The molecule has 3 aromatic rings. The van der Waals surface area contributed by atoms with Gasteiger partial charge in [0.15, 0.2) is 0 Å². The number of nitrogen functional groups attached to an aromatic ring is 1. The van der Waals surface area contributed by atoms with Crippen LogP contribution in [0.3, 0.4) is 0 Å². The minimum atomic E-state index is -3.63. The maximum atomic E-state index is 12.4. The van der Waals surface area contributed by atoms with Crippen LogP contribution in [0.4, 0.5) is 0 Å². The molecular weight excluding hydrogens is 350 g/mol. The van der Waals surface area contributed by atoms with Gasteiger partial charge in [0.05, 0.1) is 10.5 Å². The highest BCUT2D eigenvalue weighted by atomic mass is 32.2. The highest BCUT2D eigenvalue weighted by Crippen LogP contribution is 2.19. The molecule has 7 heteroatoms. The molecule has 0 atom stereocenters. The van der Waals surface area contributed by atoms with Gasteiger partial charge in [-0.2, -0.15) is 0 Å². The summed E-state index contributed by atoms with van der Waals surface area (Å²) in [6, 6.07) is 19.5. The van der Waals surface area contributed by atoms with Crippen molar-refractivity contribution in [3.63, 3.8) is 0 Å². The highest BCUT2D eigenvalue weighted by molar-refractivity contribution is 7.89. The minimum Gasteiger partial charge on any atom is -0.491 e. The lowest BCUT2D eigenvalue weighted by Gasteiger charge is -2.11. The Bertz CT molecular complexity index is 1050. The van der Waals surface area contributed by atoms with Gasteiger partial charge in [-0.3, -0.25) is 5.41 Å². The third-order valence-electron chi connectivity index (χ3n) is 3.86. The fourth-order valence-corrected chi connectivity index (χ4v) is 3.62. The first kappa shape index (κ1) is 17.9. The predicted octanol–water partition coefficient (Wildman–Crippen LogP) is 2.48. The van der Waals surface area contributed by atoms with Crippen molar-refractivity contribution < 1.29 is 13.2 Å². The second kappa shape index (κ2) is 7.55. The van der Waals surface area contributed by atoms with E-state index in [9.17, 15) is 8.42 Å². The van der Waals surface area contributed by atoms with Crippen molar-refractivity contribution in [2.45, 2.75) is 4.90 Å². The molecule has 0 aromatic heterocycles. The number of benzene rings is 3. The fourth-order valence-electron chi connectivity index (χ4n) is 2.57. The van der Waals surface area contributed by atoms with E-state index in [4.69, 9.17) is 15.9 Å². The van der Waals surface area contributed by atoms with Crippen LogP contribution >= 0.6 is 0 Å². The van der Waals surface area contributed by atoms with Crippen molar-refractivity contribution in [3.05, 3.63) is 72.3 Å². The van der Waals surface area contributed by atoms with Gasteiger partial charge in [-0.05, 0) is 35.0 Å². The number of ether oxygens (including phenoxy) is 1. The summed E-state index contributed by atoms with van der Waals surface area (Å²) in [6.45, 7) is 0.221. The van der Waals surface area contributed by atoms with Crippen LogP contribution in [0, 0.1) is 5.41 Å². The van der Waals surface area contributed by atoms with Gasteiger partial charge in [0, 0.05) is 6.54 Å². The molecule has 0 saturated carbocycles. The summed E-state index contributed by atoms with van der Waals surface area (Å²) in [4.78, 5) is 0.209. The van der Waals surface area contributed by atoms with Gasteiger partial charge >= 0.3 is 0 Å². The first-order valence-corrected chi connectivity index (χ1v) is 9.50. The number of para-hydroxylation sites is 1. The van der Waals surface area contributed by atoms with Crippen LogP contribution in [0.15, 0.2) is 71.6 Å². The molecule has 26 heavy (non-hydrogen) atoms. The van der Waals surface area contributed by atoms with Gasteiger partial charge in [-0.1, -0.05) is 42.5 Å². The summed E-state index contributed by atoms with van der Waals surface area (Å²) >= 11 is 0. The van der Waals surface area contributed by atoms with E-state index >= 15 is 0 Å². The minimum absolute atomic E-state index is 0.0986. The Morgan fingerprint density at radius 2 is 1.69 bits per heavy atom. The summed E-state index contributed by atoms with van der Waals surface area (Å²) in [5.41, 5.74) is 5.98. The zero-order valence-corrected chi connectivity index (χ0v) is 14.8. The van der Waals surface area contributed by atoms with Crippen molar-refractivity contribution in [1.82, 2.24) is 4.72 Å². The Labute approximate surface area is 152 Å². The van der Waals surface area contributed by atoms with Crippen LogP contribution in [0.25, 0.3) is 10.8 Å². The van der Waals surface area contributed by atoms with E-state index in [0.717, 1.165) is 10.8 Å². The molecule has 0 spiro atoms. The molecule has 0 radical (unpaired) electrons. The second-order valence-electron chi connectivity index (χ2n) is 5.67. The van der Waals surface area contributed by atoms with Crippen LogP contribution < -0.4 is 15.2 Å². The Morgan fingerprint density at radius 3 is 2.46 bits per heavy atom. The van der Waals surface area contributed by atoms with Crippen molar-refractivity contribution in [2.75, 3.05) is 13.2 Å². The molecule has 0 aliphatic heterocycles. The van der Waals surface area contributed by atoms with Crippen molar-refractivity contribution >= 4 is 26.6 Å². The van der Waals surface area contributed by atoms with E-state index in [1.165, 1.54) is 0 Å². The lowest BCUT2D eigenvalue weighted by Crippen LogP contribution is -2.28. The van der Waals surface area contributed by atoms with E-state index in [0.29, 0.717) is 11.3 Å². The molecule has 0 bridgehead atoms. The SMILES string of the molecule is N=C(N)c1ccccc1OCCNS(=O)(=O)c1ccc2ccccc2c1. The molecule has 0 aliphatic rings. The Balaban J connectivity index is 1.64. The van der Waals surface area contributed by atoms with E-state index < -0.39 is 10.0 Å². The number of rotatable bonds is 7. The van der Waals surface area contributed by atoms with Crippen LogP contribution in [-0.2, 0) is 10.0 Å². The third-order valence-corrected chi connectivity index (χ3v) is 5.32. The lowest BCUT2D eigenvalue weighted by molar-refractivity contribution is 0.322. The number of hydrogen-bond acceptors (Lipinski definition) is 4. The fraction of sp³-hybridized carbons (Fsp3) is 0.105. The van der Waals surface area contributed by atoms with Gasteiger partial charge in [0.25, 0.3) is 0 Å². The van der Waals surface area contributed by atoms with Gasteiger partial charge in [0.2, 0.25) is 10.0 Å². The molecular formula is C19H19N3O3S. The van der Waals surface area contributed by atoms with E-state index in [-0.39, 0.29) is 23.9 Å². The second-order valence-corrected chi connectivity index (χ2v) is 7.43. The van der Waals surface area contributed by atoms with Crippen molar-refractivity contribution in [1.29, 1.82) is 5.41 Å². The molecule has 134 valence electrons. The van der Waals surface area contributed by atoms with Gasteiger partial charge in [-0.15, -0.1) is 0 Å². The first-order chi connectivity index (χ1) is 12.5. The number of sulfonamides is 1. The molecule has 0 heterocycles. The van der Waals surface area contributed by atoms with Crippen LogP contribution in [-0.4, -0.2) is 27.4 Å². The zero-order chi connectivity index (χ0) is 18.6. The number of nitrogens with two attached hydrogens (primary N) is 1. The number of nitrogens with one attached hydrogen (secondary N) is 2. The molecule has 3 aromatic carbocycles. The summed E-state index contributed by atoms with van der Waals surface area (Å²) in [6.07, 6.45) is 0. The normalized spacial score (nSPS) is 11.4. The average molecular weight is 369 g/mol. The van der Waals surface area contributed by atoms with Crippen molar-refractivity contribution in [2.24, 2.45) is 5.73 Å². The molecule has 0 fully saturated rings. The summed E-state index contributed by atoms with van der Waals surface area (Å²) in [7, 11) is -3.63. The zero-order valence-electron chi connectivity index (χ0n) is 14.0. The van der Waals surface area contributed by atoms with Crippen LogP contribution in [0.1, 0.15) is 5.56 Å². The van der Waals surface area contributed by atoms with Gasteiger partial charge < -0.3 is 10.5 Å². The molecule has 3 rings (SSSR count). The standard InChI is InChI=1S/C19H19N3O3S/c20-19(21)17-7-3-4-8-18(17)25-12-11-22-26(23,24)16-10-9-14-5-1-2-6-15(14)13-16/h1-10,13,22H,11-12H2,(H3,20,21). The quantitative estimate of drug-likeness (QED) is 0.338. The number of amidine groups is 1. The molecule has 0 amide bonds. The Kier molecular flexibility index (Phi) is 5.20. The van der Waals surface area contributed by atoms with Crippen LogP contribution in [0.2, 0.25) is 0 Å². The third kappa shape index (κ3) is 4.01. The van der Waals surface area contributed by atoms with E-state index in [1.54, 1.807) is 42.5 Å². The summed E-state index contributed by atoms with van der Waals surface area (Å²) < 4.78 is 33.0. The molecule has 0 aliphatic carbocycles. The largest absolute Gasteiger partial charge is 0.491 e. The van der Waals surface area contributed by atoms with Crippen molar-refractivity contribution in [3.8, 4) is 5.75 Å². The van der Waals surface area contributed by atoms with E-state index in [2.05, 4.69) is 4.72 Å². The summed E-state index contributed by atoms with van der Waals surface area (Å²) in [5.74, 6) is 0.349. The van der Waals surface area contributed by atoms with Crippen LogP contribution in [0.5, 0.6) is 5.75 Å². The van der Waals surface area contributed by atoms with Gasteiger partial charge in [0.1, 0.15) is 18.2 Å². The summed E-state index contributed by atoms with van der Waals surface area (Å²) in [5, 5.41) is 9.37. The molecule has 6 nitrogen and oxygen atoms in total. The maximum Gasteiger partial charge on any atom is 0.240 e. The predicted molar refractivity (Wildman–Crippen MR) is 102 cm³/mol. The number of fused-ring (bicyclic) bond motifs is 1. The Morgan fingerprint density at radius 1 is 1.00 bits per heavy atom. The molecule has 0 unspecified atom stereocenters. The average Bonchev–Trinajstić information content (AvgIpc) is 2.65. The Hall–Kier alpha value is -2.90. The topological polar surface area (TPSA) is 105 Å².